The molecule has 1 aliphatic heterocycles. The molecule has 0 saturated carbocycles. The molecule has 1 aliphatic rings. The summed E-state index contributed by atoms with van der Waals surface area (Å²) in [5.74, 6) is -0.686. The molecule has 1 aromatic carbocycles. The molecule has 0 spiro atoms. The minimum Gasteiger partial charge on any atom is -0.478 e. The van der Waals surface area contributed by atoms with Crippen LogP contribution in [0.5, 0.6) is 0 Å². The number of rotatable bonds is 5. The minimum atomic E-state index is -1.08. The van der Waals surface area contributed by atoms with Crippen molar-refractivity contribution < 1.29 is 14.7 Å². The standard InChI is InChI=1S/C15H19ClN2O3/c16-11-2-3-12(15(20)21)13(9-11)18-14(19)4-1-10-5-7-17-8-6-10/h2-3,9-10,17H,1,4-8H2,(H,18,19)(H,20,21). The van der Waals surface area contributed by atoms with Crippen LogP contribution in [0.15, 0.2) is 18.2 Å². The van der Waals surface area contributed by atoms with Gasteiger partial charge in [-0.15, -0.1) is 0 Å². The van der Waals surface area contributed by atoms with Gasteiger partial charge in [0.15, 0.2) is 0 Å². The molecule has 0 aromatic heterocycles. The Bertz CT molecular complexity index is 528. The van der Waals surface area contributed by atoms with E-state index in [0.29, 0.717) is 17.4 Å². The molecule has 0 bridgehead atoms. The summed E-state index contributed by atoms with van der Waals surface area (Å²) in [6.07, 6.45) is 3.41. The largest absolute Gasteiger partial charge is 0.478 e. The van der Waals surface area contributed by atoms with E-state index < -0.39 is 5.97 Å². The highest BCUT2D eigenvalue weighted by Gasteiger charge is 2.16. The number of aromatic carboxylic acids is 1. The van der Waals surface area contributed by atoms with Crippen molar-refractivity contribution in [1.29, 1.82) is 0 Å². The highest BCUT2D eigenvalue weighted by Crippen LogP contribution is 2.22. The summed E-state index contributed by atoms with van der Waals surface area (Å²) in [4.78, 5) is 23.1. The predicted octanol–water partition coefficient (Wildman–Crippen LogP) is 2.76. The Balaban J connectivity index is 1.92. The van der Waals surface area contributed by atoms with Gasteiger partial charge in [-0.1, -0.05) is 11.6 Å². The first-order chi connectivity index (χ1) is 10.1. The van der Waals surface area contributed by atoms with E-state index in [1.165, 1.54) is 18.2 Å². The Morgan fingerprint density at radius 3 is 2.71 bits per heavy atom. The van der Waals surface area contributed by atoms with E-state index in [4.69, 9.17) is 16.7 Å². The molecule has 114 valence electrons. The third-order valence-electron chi connectivity index (χ3n) is 3.72. The van der Waals surface area contributed by atoms with E-state index in [0.717, 1.165) is 32.4 Å². The zero-order chi connectivity index (χ0) is 15.2. The summed E-state index contributed by atoms with van der Waals surface area (Å²) >= 11 is 5.85. The Labute approximate surface area is 128 Å². The molecule has 1 aromatic rings. The molecule has 0 unspecified atom stereocenters. The van der Waals surface area contributed by atoms with Crippen LogP contribution in [0.2, 0.25) is 5.02 Å². The lowest BCUT2D eigenvalue weighted by Gasteiger charge is -2.22. The second-order valence-corrected chi connectivity index (χ2v) is 5.71. The van der Waals surface area contributed by atoms with Crippen LogP contribution in [0, 0.1) is 5.92 Å². The predicted molar refractivity (Wildman–Crippen MR) is 81.9 cm³/mol. The van der Waals surface area contributed by atoms with E-state index >= 15 is 0 Å². The van der Waals surface area contributed by atoms with Crippen LogP contribution in [0.1, 0.15) is 36.0 Å². The van der Waals surface area contributed by atoms with Crippen molar-refractivity contribution in [3.63, 3.8) is 0 Å². The van der Waals surface area contributed by atoms with E-state index in [9.17, 15) is 9.59 Å². The van der Waals surface area contributed by atoms with Gasteiger partial charge >= 0.3 is 5.97 Å². The maximum Gasteiger partial charge on any atom is 0.337 e. The molecule has 2 rings (SSSR count). The fraction of sp³-hybridized carbons (Fsp3) is 0.467. The van der Waals surface area contributed by atoms with Crippen molar-refractivity contribution in [3.8, 4) is 0 Å². The quantitative estimate of drug-likeness (QED) is 0.781. The summed E-state index contributed by atoms with van der Waals surface area (Å²) < 4.78 is 0. The number of carbonyl (C=O) groups is 2. The number of amides is 1. The van der Waals surface area contributed by atoms with Crippen molar-refractivity contribution >= 4 is 29.2 Å². The van der Waals surface area contributed by atoms with Gasteiger partial charge in [-0.05, 0) is 56.5 Å². The van der Waals surface area contributed by atoms with Gasteiger partial charge < -0.3 is 15.7 Å². The molecular formula is C15H19ClN2O3. The van der Waals surface area contributed by atoms with Crippen molar-refractivity contribution in [2.75, 3.05) is 18.4 Å². The molecule has 0 atom stereocenters. The average molecular weight is 311 g/mol. The molecule has 1 heterocycles. The zero-order valence-corrected chi connectivity index (χ0v) is 12.4. The number of carboxylic acid groups (broad SMARTS) is 1. The molecule has 1 fully saturated rings. The molecule has 0 radical (unpaired) electrons. The number of piperidine rings is 1. The highest BCUT2D eigenvalue weighted by atomic mass is 35.5. The van der Waals surface area contributed by atoms with Crippen LogP contribution in [0.25, 0.3) is 0 Å². The molecular weight excluding hydrogens is 292 g/mol. The topological polar surface area (TPSA) is 78.4 Å². The lowest BCUT2D eigenvalue weighted by molar-refractivity contribution is -0.116. The van der Waals surface area contributed by atoms with E-state index in [2.05, 4.69) is 10.6 Å². The second kappa shape index (κ2) is 7.43. The number of anilines is 1. The Morgan fingerprint density at radius 1 is 1.33 bits per heavy atom. The number of halogens is 1. The van der Waals surface area contributed by atoms with Crippen LogP contribution in [-0.4, -0.2) is 30.1 Å². The smallest absolute Gasteiger partial charge is 0.337 e. The molecule has 1 amide bonds. The third kappa shape index (κ3) is 4.72. The van der Waals surface area contributed by atoms with E-state index in [1.54, 1.807) is 0 Å². The SMILES string of the molecule is O=C(CCC1CCNCC1)Nc1cc(Cl)ccc1C(=O)O. The summed E-state index contributed by atoms with van der Waals surface area (Å²) in [6, 6.07) is 4.36. The number of carboxylic acids is 1. The maximum absolute atomic E-state index is 12.0. The Kier molecular flexibility index (Phi) is 5.59. The lowest BCUT2D eigenvalue weighted by atomic mass is 9.93. The summed E-state index contributed by atoms with van der Waals surface area (Å²) in [6.45, 7) is 2.01. The third-order valence-corrected chi connectivity index (χ3v) is 3.96. The fourth-order valence-electron chi connectivity index (χ4n) is 2.52. The highest BCUT2D eigenvalue weighted by molar-refractivity contribution is 6.31. The minimum absolute atomic E-state index is 0.0506. The molecule has 6 heteroatoms. The first-order valence-electron chi connectivity index (χ1n) is 7.09. The molecule has 1 saturated heterocycles. The van der Waals surface area contributed by atoms with E-state index in [-0.39, 0.29) is 17.2 Å². The molecule has 0 aliphatic carbocycles. The van der Waals surface area contributed by atoms with Gasteiger partial charge in [0.2, 0.25) is 5.91 Å². The molecule has 5 nitrogen and oxygen atoms in total. The molecule has 3 N–H and O–H groups in total. The second-order valence-electron chi connectivity index (χ2n) is 5.28. The number of hydrogen-bond donors (Lipinski definition) is 3. The molecule has 21 heavy (non-hydrogen) atoms. The number of hydrogen-bond acceptors (Lipinski definition) is 3. The van der Waals surface area contributed by atoms with Gasteiger partial charge in [-0.3, -0.25) is 4.79 Å². The van der Waals surface area contributed by atoms with Crippen LogP contribution < -0.4 is 10.6 Å². The van der Waals surface area contributed by atoms with Crippen LogP contribution in [0.3, 0.4) is 0 Å². The van der Waals surface area contributed by atoms with Crippen molar-refractivity contribution in [1.82, 2.24) is 5.32 Å². The van der Waals surface area contributed by atoms with Crippen molar-refractivity contribution in [2.45, 2.75) is 25.7 Å². The van der Waals surface area contributed by atoms with Gasteiger partial charge in [0.05, 0.1) is 11.3 Å². The van der Waals surface area contributed by atoms with E-state index in [1.807, 2.05) is 0 Å². The Morgan fingerprint density at radius 2 is 2.05 bits per heavy atom. The van der Waals surface area contributed by atoms with Gasteiger partial charge in [0, 0.05) is 11.4 Å². The van der Waals surface area contributed by atoms with Crippen LogP contribution >= 0.6 is 11.6 Å². The first-order valence-corrected chi connectivity index (χ1v) is 7.47. The van der Waals surface area contributed by atoms with Gasteiger partial charge in [0.1, 0.15) is 0 Å². The van der Waals surface area contributed by atoms with Gasteiger partial charge in [0.25, 0.3) is 0 Å². The van der Waals surface area contributed by atoms with Gasteiger partial charge in [-0.2, -0.15) is 0 Å². The zero-order valence-electron chi connectivity index (χ0n) is 11.7. The van der Waals surface area contributed by atoms with Crippen LogP contribution in [0.4, 0.5) is 5.69 Å². The number of carbonyl (C=O) groups excluding carboxylic acids is 1. The first kappa shape index (κ1) is 15.8. The van der Waals surface area contributed by atoms with Crippen LogP contribution in [-0.2, 0) is 4.79 Å². The number of nitrogens with one attached hydrogen (secondary N) is 2. The summed E-state index contributed by atoms with van der Waals surface area (Å²) in [7, 11) is 0. The monoisotopic (exact) mass is 310 g/mol. The number of benzene rings is 1. The normalized spacial score (nSPS) is 15.7. The van der Waals surface area contributed by atoms with Crippen molar-refractivity contribution in [2.24, 2.45) is 5.92 Å². The van der Waals surface area contributed by atoms with Crippen molar-refractivity contribution in [3.05, 3.63) is 28.8 Å². The van der Waals surface area contributed by atoms with Gasteiger partial charge in [-0.25, -0.2) is 4.79 Å². The Hall–Kier alpha value is -1.59. The average Bonchev–Trinajstić information content (AvgIpc) is 2.46. The lowest BCUT2D eigenvalue weighted by Crippen LogP contribution is -2.28. The summed E-state index contributed by atoms with van der Waals surface area (Å²) in [5.41, 5.74) is 0.305. The fourth-order valence-corrected chi connectivity index (χ4v) is 2.70. The maximum atomic E-state index is 12.0. The summed E-state index contributed by atoms with van der Waals surface area (Å²) in [5, 5.41) is 15.4.